The highest BCUT2D eigenvalue weighted by atomic mass is 16.5. The second-order valence-corrected chi connectivity index (χ2v) is 10.2. The highest BCUT2D eigenvalue weighted by Crippen LogP contribution is 2.48. The van der Waals surface area contributed by atoms with E-state index < -0.39 is 0 Å². The van der Waals surface area contributed by atoms with Crippen LogP contribution < -0.4 is 5.32 Å². The minimum absolute atomic E-state index is 0.00745. The summed E-state index contributed by atoms with van der Waals surface area (Å²) in [4.78, 5) is 29.5. The zero-order valence-electron chi connectivity index (χ0n) is 19.5. The molecule has 2 saturated heterocycles. The summed E-state index contributed by atoms with van der Waals surface area (Å²) in [5.41, 5.74) is 0.367. The Labute approximate surface area is 193 Å². The first kappa shape index (κ1) is 22.1. The van der Waals surface area contributed by atoms with E-state index >= 15 is 0 Å². The maximum atomic E-state index is 12.8. The SMILES string of the molecule is Cc1cc(C(=O)N2CCC3(CC2)CC(c2nnc(C(C)C)o2)N(CC(=O)NC2CC2)C3)no1. The molecule has 1 aliphatic carbocycles. The Morgan fingerprint density at radius 1 is 1.24 bits per heavy atom. The summed E-state index contributed by atoms with van der Waals surface area (Å²) in [5, 5.41) is 15.5. The van der Waals surface area contributed by atoms with E-state index in [0.717, 1.165) is 38.6 Å². The van der Waals surface area contributed by atoms with Crippen LogP contribution in [0.5, 0.6) is 0 Å². The lowest BCUT2D eigenvalue weighted by Crippen LogP contribution is -2.45. The topological polar surface area (TPSA) is 118 Å². The molecule has 3 fully saturated rings. The molecule has 1 spiro atoms. The van der Waals surface area contributed by atoms with Crippen LogP contribution in [0.1, 0.15) is 85.9 Å². The predicted molar refractivity (Wildman–Crippen MR) is 117 cm³/mol. The molecule has 0 aromatic carbocycles. The molecule has 2 aliphatic heterocycles. The third-order valence-corrected chi connectivity index (χ3v) is 7.09. The number of piperidine rings is 1. The van der Waals surface area contributed by atoms with Crippen molar-refractivity contribution in [3.63, 3.8) is 0 Å². The van der Waals surface area contributed by atoms with Gasteiger partial charge in [-0.2, -0.15) is 0 Å². The summed E-state index contributed by atoms with van der Waals surface area (Å²) in [6.07, 6.45) is 4.69. The molecule has 178 valence electrons. The Bertz CT molecular complexity index is 1020. The quantitative estimate of drug-likeness (QED) is 0.704. The van der Waals surface area contributed by atoms with Gasteiger partial charge in [0.1, 0.15) is 5.76 Å². The fourth-order valence-electron chi connectivity index (χ4n) is 5.03. The molecule has 3 aliphatic rings. The van der Waals surface area contributed by atoms with Crippen molar-refractivity contribution in [1.29, 1.82) is 0 Å². The molecule has 33 heavy (non-hydrogen) atoms. The van der Waals surface area contributed by atoms with E-state index in [1.807, 2.05) is 18.7 Å². The molecule has 1 saturated carbocycles. The smallest absolute Gasteiger partial charge is 0.276 e. The summed E-state index contributed by atoms with van der Waals surface area (Å²) < 4.78 is 11.1. The van der Waals surface area contributed by atoms with Crippen LogP contribution in [-0.4, -0.2) is 69.2 Å². The van der Waals surface area contributed by atoms with Gasteiger partial charge in [0.15, 0.2) is 5.69 Å². The van der Waals surface area contributed by atoms with Crippen molar-refractivity contribution in [2.45, 2.75) is 70.9 Å². The summed E-state index contributed by atoms with van der Waals surface area (Å²) in [5.74, 6) is 1.96. The van der Waals surface area contributed by atoms with E-state index in [0.29, 0.717) is 48.9 Å². The van der Waals surface area contributed by atoms with Gasteiger partial charge in [0.2, 0.25) is 17.7 Å². The third kappa shape index (κ3) is 4.66. The minimum atomic E-state index is -0.0876. The van der Waals surface area contributed by atoms with Crippen LogP contribution in [0.2, 0.25) is 0 Å². The third-order valence-electron chi connectivity index (χ3n) is 7.09. The lowest BCUT2D eigenvalue weighted by Gasteiger charge is -2.39. The molecule has 5 rings (SSSR count). The second-order valence-electron chi connectivity index (χ2n) is 10.2. The number of likely N-dealkylation sites (tertiary alicyclic amines) is 2. The maximum absolute atomic E-state index is 12.8. The monoisotopic (exact) mass is 456 g/mol. The first-order chi connectivity index (χ1) is 15.8. The molecule has 0 radical (unpaired) electrons. The van der Waals surface area contributed by atoms with E-state index in [9.17, 15) is 9.59 Å². The number of carbonyl (C=O) groups excluding carboxylic acids is 2. The average molecular weight is 457 g/mol. The molecular weight excluding hydrogens is 424 g/mol. The number of hydrogen-bond acceptors (Lipinski definition) is 8. The lowest BCUT2D eigenvalue weighted by molar-refractivity contribution is -0.122. The molecule has 10 heteroatoms. The Morgan fingerprint density at radius 2 is 2.00 bits per heavy atom. The van der Waals surface area contributed by atoms with Gasteiger partial charge in [-0.3, -0.25) is 14.5 Å². The number of rotatable bonds is 6. The van der Waals surface area contributed by atoms with E-state index in [1.165, 1.54) is 0 Å². The predicted octanol–water partition coefficient (Wildman–Crippen LogP) is 2.44. The zero-order valence-corrected chi connectivity index (χ0v) is 19.5. The van der Waals surface area contributed by atoms with E-state index in [4.69, 9.17) is 8.94 Å². The van der Waals surface area contributed by atoms with Gasteiger partial charge in [0.25, 0.3) is 5.91 Å². The van der Waals surface area contributed by atoms with Crippen molar-refractivity contribution < 1.29 is 18.5 Å². The van der Waals surface area contributed by atoms with E-state index in [-0.39, 0.29) is 29.2 Å². The number of nitrogens with zero attached hydrogens (tertiary/aromatic N) is 5. The number of carbonyl (C=O) groups is 2. The number of aryl methyl sites for hydroxylation is 1. The van der Waals surface area contributed by atoms with Gasteiger partial charge in [-0.15, -0.1) is 10.2 Å². The maximum Gasteiger partial charge on any atom is 0.276 e. The molecule has 1 unspecified atom stereocenters. The summed E-state index contributed by atoms with van der Waals surface area (Å²) >= 11 is 0. The standard InChI is InChI=1S/C23H32N6O4/c1-14(2)20-25-26-21(32-20)18-11-23(13-29(18)12-19(30)24-16-4-5-16)6-8-28(9-7-23)22(31)17-10-15(3)33-27-17/h10,14,16,18H,4-9,11-13H2,1-3H3,(H,24,30). The summed E-state index contributed by atoms with van der Waals surface area (Å²) in [7, 11) is 0. The Kier molecular flexibility index (Phi) is 5.72. The van der Waals surface area contributed by atoms with Gasteiger partial charge in [-0.05, 0) is 44.4 Å². The molecule has 1 atom stereocenters. The number of amides is 2. The van der Waals surface area contributed by atoms with Crippen LogP contribution in [0.15, 0.2) is 15.0 Å². The van der Waals surface area contributed by atoms with Crippen LogP contribution in [0, 0.1) is 12.3 Å². The fourth-order valence-corrected chi connectivity index (χ4v) is 5.03. The van der Waals surface area contributed by atoms with Crippen LogP contribution in [0.3, 0.4) is 0 Å². The van der Waals surface area contributed by atoms with Crippen LogP contribution in [0.4, 0.5) is 0 Å². The Balaban J connectivity index is 1.29. The van der Waals surface area contributed by atoms with Crippen LogP contribution >= 0.6 is 0 Å². The molecule has 1 N–H and O–H groups in total. The lowest BCUT2D eigenvalue weighted by atomic mass is 9.76. The van der Waals surface area contributed by atoms with Crippen molar-refractivity contribution >= 4 is 11.8 Å². The molecule has 10 nitrogen and oxygen atoms in total. The molecule has 4 heterocycles. The minimum Gasteiger partial charge on any atom is -0.423 e. The fraction of sp³-hybridized carbons (Fsp3) is 0.696. The van der Waals surface area contributed by atoms with Gasteiger partial charge in [-0.25, -0.2) is 0 Å². The van der Waals surface area contributed by atoms with E-state index in [2.05, 4.69) is 25.6 Å². The first-order valence-electron chi connectivity index (χ1n) is 11.9. The molecule has 0 bridgehead atoms. The Hall–Kier alpha value is -2.75. The zero-order chi connectivity index (χ0) is 23.2. The normalized spacial score (nSPS) is 22.9. The number of hydrogen-bond donors (Lipinski definition) is 1. The van der Waals surface area contributed by atoms with Gasteiger partial charge in [0, 0.05) is 37.7 Å². The highest BCUT2D eigenvalue weighted by Gasteiger charge is 2.49. The molecular formula is C23H32N6O4. The average Bonchev–Trinajstić information content (AvgIpc) is 3.15. The number of nitrogens with one attached hydrogen (secondary N) is 1. The van der Waals surface area contributed by atoms with Crippen LogP contribution in [-0.2, 0) is 4.79 Å². The highest BCUT2D eigenvalue weighted by molar-refractivity contribution is 5.92. The summed E-state index contributed by atoms with van der Waals surface area (Å²) in [6.45, 7) is 8.24. The van der Waals surface area contributed by atoms with Gasteiger partial charge in [-0.1, -0.05) is 19.0 Å². The van der Waals surface area contributed by atoms with Gasteiger partial charge < -0.3 is 19.2 Å². The molecule has 2 aromatic rings. The van der Waals surface area contributed by atoms with Crippen molar-refractivity contribution in [2.75, 3.05) is 26.2 Å². The van der Waals surface area contributed by atoms with Gasteiger partial charge in [0.05, 0.1) is 12.6 Å². The van der Waals surface area contributed by atoms with Crippen LogP contribution in [0.25, 0.3) is 0 Å². The molecule has 2 amide bonds. The van der Waals surface area contributed by atoms with Gasteiger partial charge >= 0.3 is 0 Å². The Morgan fingerprint density at radius 3 is 2.61 bits per heavy atom. The number of aromatic nitrogens is 3. The van der Waals surface area contributed by atoms with E-state index in [1.54, 1.807) is 13.0 Å². The summed E-state index contributed by atoms with van der Waals surface area (Å²) in [6, 6.07) is 1.92. The first-order valence-corrected chi connectivity index (χ1v) is 11.9. The largest absolute Gasteiger partial charge is 0.423 e. The van der Waals surface area contributed by atoms with Crippen molar-refractivity contribution in [2.24, 2.45) is 5.41 Å². The van der Waals surface area contributed by atoms with Crippen molar-refractivity contribution in [3.05, 3.63) is 29.3 Å². The van der Waals surface area contributed by atoms with Crippen molar-refractivity contribution in [1.82, 2.24) is 30.5 Å². The molecule has 2 aromatic heterocycles. The second kappa shape index (κ2) is 8.55. The van der Waals surface area contributed by atoms with Crippen molar-refractivity contribution in [3.8, 4) is 0 Å².